The molecule has 0 spiro atoms. The number of aromatic hydroxyl groups is 2. The molecule has 8 rings (SSSR count). The van der Waals surface area contributed by atoms with Crippen LogP contribution in [0.5, 0.6) is 11.5 Å². The number of aromatic nitrogens is 1. The molecule has 0 saturated carbocycles. The van der Waals surface area contributed by atoms with Crippen LogP contribution < -0.4 is 10.9 Å². The maximum absolute atomic E-state index is 13.3. The van der Waals surface area contributed by atoms with Gasteiger partial charge in [0.1, 0.15) is 22.6 Å². The highest BCUT2D eigenvalue weighted by molar-refractivity contribution is 6.30. The number of carbonyl (C=O) groups is 4. The van der Waals surface area contributed by atoms with Crippen molar-refractivity contribution in [3.8, 4) is 11.5 Å². The van der Waals surface area contributed by atoms with Crippen LogP contribution in [0.15, 0.2) is 120 Å². The highest BCUT2D eigenvalue weighted by atomic mass is 35.5. The van der Waals surface area contributed by atoms with Crippen molar-refractivity contribution in [2.24, 2.45) is 0 Å². The van der Waals surface area contributed by atoms with Crippen LogP contribution in [-0.2, 0) is 22.4 Å². The second-order valence-corrected chi connectivity index (χ2v) is 15.6. The summed E-state index contributed by atoms with van der Waals surface area (Å²) in [5, 5.41) is 57.4. The molecule has 0 aliphatic carbocycles. The number of rotatable bonds is 11. The van der Waals surface area contributed by atoms with E-state index in [1.165, 1.54) is 18.2 Å². The summed E-state index contributed by atoms with van der Waals surface area (Å²) in [6.07, 6.45) is -0.119. The molecule has 63 heavy (non-hydrogen) atoms. The fraction of sp³-hybridized carbons (Fsp3) is 0.188. The number of aliphatic carboxylic acids is 1. The van der Waals surface area contributed by atoms with Crippen molar-refractivity contribution in [2.75, 3.05) is 26.3 Å². The molecule has 7 N–H and O–H groups in total. The predicted octanol–water partition coefficient (Wildman–Crippen LogP) is 7.09. The number of morpholine rings is 1. The Morgan fingerprint density at radius 3 is 1.78 bits per heavy atom. The molecule has 1 aliphatic heterocycles. The smallest absolute Gasteiger partial charge is 0.339 e. The molecule has 322 valence electrons. The molecule has 1 fully saturated rings. The first-order valence-corrected chi connectivity index (χ1v) is 20.2. The Bertz CT molecular complexity index is 2860. The third kappa shape index (κ3) is 9.05. The summed E-state index contributed by atoms with van der Waals surface area (Å²) in [7, 11) is 0. The van der Waals surface area contributed by atoms with Crippen LogP contribution in [0, 0.1) is 0 Å². The number of hydrogen-bond acceptors (Lipinski definition) is 9. The third-order valence-corrected chi connectivity index (χ3v) is 11.8. The number of carbonyl (C=O) groups excluding carboxylic acids is 1. The molecule has 1 aliphatic rings. The summed E-state index contributed by atoms with van der Waals surface area (Å²) >= 11 is 5.95. The fourth-order valence-corrected chi connectivity index (χ4v) is 8.29. The number of nitrogens with zero attached hydrogens (tertiary/aromatic N) is 1. The molecule has 0 bridgehead atoms. The first kappa shape index (κ1) is 43.8. The predicted molar refractivity (Wildman–Crippen MR) is 237 cm³/mol. The number of aromatic carboxylic acids is 2. The van der Waals surface area contributed by atoms with Crippen molar-refractivity contribution < 1.29 is 49.4 Å². The average Bonchev–Trinajstić information content (AvgIpc) is 3.27. The fourth-order valence-electron chi connectivity index (χ4n) is 8.16. The van der Waals surface area contributed by atoms with E-state index < -0.39 is 46.9 Å². The van der Waals surface area contributed by atoms with Gasteiger partial charge in [-0.25, -0.2) is 14.4 Å². The molecule has 6 aromatic carbocycles. The number of pyridine rings is 1. The number of amides is 1. The number of halogens is 1. The minimum absolute atomic E-state index is 0.0407. The SMILES string of the molecule is CC(N1CCOCC1)C(Cc1cc(=O)[nH]c2ccccc12)(NC(=O)c1ccc(Cl)cc1)C(=O)O.O=C(O)c1cc2ccccc2c(Cc2c(O)c(C(=O)O)cc3ccccc23)c1O. The van der Waals surface area contributed by atoms with E-state index in [1.54, 1.807) is 91.9 Å². The molecular formula is C48H42ClN3O11. The molecule has 1 saturated heterocycles. The lowest BCUT2D eigenvalue weighted by atomic mass is 9.82. The maximum atomic E-state index is 13.3. The van der Waals surface area contributed by atoms with Gasteiger partial charge in [0, 0.05) is 70.7 Å². The first-order valence-electron chi connectivity index (χ1n) is 19.9. The summed E-state index contributed by atoms with van der Waals surface area (Å²) in [5.74, 6) is -5.07. The minimum atomic E-state index is -1.72. The van der Waals surface area contributed by atoms with Crippen LogP contribution in [0.1, 0.15) is 54.7 Å². The van der Waals surface area contributed by atoms with Crippen LogP contribution in [0.2, 0.25) is 5.02 Å². The summed E-state index contributed by atoms with van der Waals surface area (Å²) in [4.78, 5) is 66.6. The third-order valence-electron chi connectivity index (χ3n) is 11.5. The number of ether oxygens (including phenoxy) is 1. The van der Waals surface area contributed by atoms with Crippen LogP contribution in [0.4, 0.5) is 0 Å². The number of phenols is 2. The Hall–Kier alpha value is -7.26. The van der Waals surface area contributed by atoms with E-state index in [2.05, 4.69) is 10.3 Å². The van der Waals surface area contributed by atoms with Crippen LogP contribution >= 0.6 is 11.6 Å². The highest BCUT2D eigenvalue weighted by Gasteiger charge is 2.48. The van der Waals surface area contributed by atoms with Gasteiger partial charge in [-0.3, -0.25) is 14.5 Å². The van der Waals surface area contributed by atoms with E-state index in [0.29, 0.717) is 80.6 Å². The van der Waals surface area contributed by atoms with Gasteiger partial charge in [0.15, 0.2) is 5.54 Å². The van der Waals surface area contributed by atoms with E-state index in [0.717, 1.165) is 5.39 Å². The molecular weight excluding hydrogens is 830 g/mol. The highest BCUT2D eigenvalue weighted by Crippen LogP contribution is 2.39. The Morgan fingerprint density at radius 2 is 1.25 bits per heavy atom. The molecule has 2 atom stereocenters. The lowest BCUT2D eigenvalue weighted by Gasteiger charge is -2.43. The Morgan fingerprint density at radius 1 is 0.746 bits per heavy atom. The lowest BCUT2D eigenvalue weighted by Crippen LogP contribution is -2.68. The normalized spacial score (nSPS) is 14.3. The van der Waals surface area contributed by atoms with Crippen molar-refractivity contribution in [1.82, 2.24) is 15.2 Å². The number of nitrogens with one attached hydrogen (secondary N) is 2. The topological polar surface area (TPSA) is 227 Å². The van der Waals surface area contributed by atoms with Gasteiger partial charge in [-0.15, -0.1) is 0 Å². The van der Waals surface area contributed by atoms with Gasteiger partial charge in [-0.05, 0) is 76.5 Å². The van der Waals surface area contributed by atoms with Crippen molar-refractivity contribution in [1.29, 1.82) is 0 Å². The molecule has 2 heterocycles. The zero-order chi connectivity index (χ0) is 45.0. The second kappa shape index (κ2) is 18.4. The van der Waals surface area contributed by atoms with Gasteiger partial charge >= 0.3 is 17.9 Å². The number of benzene rings is 6. The lowest BCUT2D eigenvalue weighted by molar-refractivity contribution is -0.148. The van der Waals surface area contributed by atoms with Gasteiger partial charge in [0.2, 0.25) is 5.56 Å². The molecule has 7 aromatic rings. The van der Waals surface area contributed by atoms with Crippen molar-refractivity contribution >= 4 is 67.9 Å². The molecule has 15 heteroatoms. The van der Waals surface area contributed by atoms with E-state index in [-0.39, 0.29) is 29.5 Å². The summed E-state index contributed by atoms with van der Waals surface area (Å²) in [6.45, 7) is 3.79. The number of hydrogen-bond donors (Lipinski definition) is 7. The van der Waals surface area contributed by atoms with E-state index in [4.69, 9.17) is 16.3 Å². The summed E-state index contributed by atoms with van der Waals surface area (Å²) < 4.78 is 5.44. The van der Waals surface area contributed by atoms with E-state index >= 15 is 0 Å². The van der Waals surface area contributed by atoms with Gasteiger partial charge in [0.05, 0.1) is 13.2 Å². The van der Waals surface area contributed by atoms with Crippen molar-refractivity contribution in [3.05, 3.63) is 164 Å². The van der Waals surface area contributed by atoms with Gasteiger partial charge in [-0.1, -0.05) is 78.3 Å². The molecule has 1 amide bonds. The second-order valence-electron chi connectivity index (χ2n) is 15.2. The molecule has 2 unspecified atom stereocenters. The van der Waals surface area contributed by atoms with Crippen LogP contribution in [-0.4, -0.2) is 97.1 Å². The number of para-hydroxylation sites is 1. The number of carboxylic acids is 3. The zero-order valence-corrected chi connectivity index (χ0v) is 34.6. The minimum Gasteiger partial charge on any atom is -0.507 e. The Balaban J connectivity index is 0.000000191. The summed E-state index contributed by atoms with van der Waals surface area (Å²) in [6, 6.07) is 31.0. The van der Waals surface area contributed by atoms with Crippen LogP contribution in [0.25, 0.3) is 32.4 Å². The standard InChI is InChI=1S/C25H26ClN3O5.C23H16O6/c1-16(29-10-12-34-13-11-29)25(24(32)33,28-23(31)17-6-8-19(26)9-7-17)15-18-14-22(30)27-21-5-3-2-4-20(18)21;24-20-16(14-7-3-1-5-12(14)9-18(20)22(26)27)11-17-15-8-4-2-6-13(15)10-19(21(17)25)23(28)29/h2-9,14,16H,10-13,15H2,1H3,(H,27,30)(H,28,31)(H,32,33);1-10,24-25H,11H2,(H,26,27)(H,28,29). The quantitative estimate of drug-likeness (QED) is 0.0692. The first-order chi connectivity index (χ1) is 30.2. The van der Waals surface area contributed by atoms with E-state index in [1.807, 2.05) is 17.0 Å². The largest absolute Gasteiger partial charge is 0.507 e. The number of aromatic amines is 1. The number of H-pyrrole nitrogens is 1. The molecule has 14 nitrogen and oxygen atoms in total. The van der Waals surface area contributed by atoms with Gasteiger partial charge in [-0.2, -0.15) is 0 Å². The molecule has 1 aromatic heterocycles. The Kier molecular flexibility index (Phi) is 12.8. The average molecular weight is 872 g/mol. The Labute approximate surface area is 364 Å². The number of carboxylic acid groups (broad SMARTS) is 3. The maximum Gasteiger partial charge on any atom is 0.339 e. The van der Waals surface area contributed by atoms with Crippen molar-refractivity contribution in [2.45, 2.75) is 31.3 Å². The monoisotopic (exact) mass is 871 g/mol. The van der Waals surface area contributed by atoms with Gasteiger partial charge in [0.25, 0.3) is 5.91 Å². The van der Waals surface area contributed by atoms with Crippen molar-refractivity contribution in [3.63, 3.8) is 0 Å². The summed E-state index contributed by atoms with van der Waals surface area (Å²) in [5.41, 5.74) is -0.507. The molecule has 0 radical (unpaired) electrons. The van der Waals surface area contributed by atoms with E-state index in [9.17, 15) is 49.5 Å². The van der Waals surface area contributed by atoms with Gasteiger partial charge < -0.3 is 40.6 Å². The van der Waals surface area contributed by atoms with Crippen LogP contribution in [0.3, 0.4) is 0 Å². The number of fused-ring (bicyclic) bond motifs is 3. The zero-order valence-electron chi connectivity index (χ0n) is 33.8.